The second-order valence-electron chi connectivity index (χ2n) is 8.28. The lowest BCUT2D eigenvalue weighted by atomic mass is 9.98. The second kappa shape index (κ2) is 8.69. The van der Waals surface area contributed by atoms with Gasteiger partial charge in [0.1, 0.15) is 0 Å². The van der Waals surface area contributed by atoms with Crippen LogP contribution in [-0.4, -0.2) is 78.8 Å². The molecule has 2 aliphatic heterocycles. The lowest BCUT2D eigenvalue weighted by Gasteiger charge is -2.38. The summed E-state index contributed by atoms with van der Waals surface area (Å²) in [6.07, 6.45) is 3.46. The molecule has 1 atom stereocenters. The summed E-state index contributed by atoms with van der Waals surface area (Å²) in [5.74, 6) is -0.132. The normalized spacial score (nSPS) is 21.9. The van der Waals surface area contributed by atoms with Gasteiger partial charge in [-0.25, -0.2) is 8.42 Å². The van der Waals surface area contributed by atoms with Crippen LogP contribution in [0.2, 0.25) is 0 Å². The van der Waals surface area contributed by atoms with Gasteiger partial charge in [0.15, 0.2) is 0 Å². The first-order valence-electron chi connectivity index (χ1n) is 11.0. The fourth-order valence-corrected chi connectivity index (χ4v) is 6.23. The van der Waals surface area contributed by atoms with Crippen molar-refractivity contribution in [2.75, 3.05) is 45.8 Å². The fourth-order valence-electron chi connectivity index (χ4n) is 4.67. The van der Waals surface area contributed by atoms with Crippen LogP contribution in [0.25, 0.3) is 10.9 Å². The molecule has 2 fully saturated rings. The third-order valence-electron chi connectivity index (χ3n) is 6.59. The number of piperazine rings is 1. The molecule has 0 N–H and O–H groups in total. The third-order valence-corrected chi connectivity index (χ3v) is 8.45. The monoisotopic (exact) mass is 432 g/mol. The third kappa shape index (κ3) is 4.00. The molecule has 2 saturated heterocycles. The molecule has 1 aromatic carbocycles. The number of piperidine rings is 1. The SMILES string of the molecule is CCN1CCN(C(=O)[C@@H]2CCCN(S(=O)(=O)c3ccc4c(ccn4CC)c3)C2)CC1. The number of benzene rings is 1. The molecule has 8 heteroatoms. The number of carbonyl (C=O) groups excluding carboxylic acids is 1. The molecule has 7 nitrogen and oxygen atoms in total. The highest BCUT2D eigenvalue weighted by Gasteiger charge is 2.35. The van der Waals surface area contributed by atoms with Crippen LogP contribution in [0.4, 0.5) is 0 Å². The first-order valence-corrected chi connectivity index (χ1v) is 12.5. The fraction of sp³-hybridized carbons (Fsp3) is 0.591. The molecule has 2 aliphatic rings. The Morgan fingerprint density at radius 3 is 2.50 bits per heavy atom. The van der Waals surface area contributed by atoms with Crippen molar-refractivity contribution >= 4 is 26.8 Å². The molecule has 0 spiro atoms. The number of hydrogen-bond acceptors (Lipinski definition) is 4. The van der Waals surface area contributed by atoms with Gasteiger partial charge in [-0.2, -0.15) is 4.31 Å². The number of aryl methyl sites for hydroxylation is 1. The van der Waals surface area contributed by atoms with Crippen LogP contribution in [0, 0.1) is 5.92 Å². The topological polar surface area (TPSA) is 65.9 Å². The number of sulfonamides is 1. The van der Waals surface area contributed by atoms with E-state index < -0.39 is 10.0 Å². The first kappa shape index (κ1) is 21.3. The van der Waals surface area contributed by atoms with Gasteiger partial charge in [0.25, 0.3) is 0 Å². The molecule has 0 aliphatic carbocycles. The van der Waals surface area contributed by atoms with Gasteiger partial charge in [0, 0.05) is 62.9 Å². The summed E-state index contributed by atoms with van der Waals surface area (Å²) in [5, 5.41) is 0.927. The minimum absolute atomic E-state index is 0.112. The van der Waals surface area contributed by atoms with Crippen molar-refractivity contribution in [1.82, 2.24) is 18.7 Å². The Morgan fingerprint density at radius 1 is 1.03 bits per heavy atom. The minimum Gasteiger partial charge on any atom is -0.348 e. The number of hydrogen-bond donors (Lipinski definition) is 0. The van der Waals surface area contributed by atoms with Gasteiger partial charge in [-0.05, 0) is 50.6 Å². The maximum Gasteiger partial charge on any atom is 0.243 e. The van der Waals surface area contributed by atoms with Crippen molar-refractivity contribution in [3.8, 4) is 0 Å². The zero-order valence-electron chi connectivity index (χ0n) is 18.0. The molecule has 4 rings (SSSR count). The molecule has 0 saturated carbocycles. The Kier molecular flexibility index (Phi) is 6.18. The smallest absolute Gasteiger partial charge is 0.243 e. The van der Waals surface area contributed by atoms with Crippen molar-refractivity contribution in [2.45, 2.75) is 38.1 Å². The predicted molar refractivity (Wildman–Crippen MR) is 118 cm³/mol. The quantitative estimate of drug-likeness (QED) is 0.727. The van der Waals surface area contributed by atoms with Gasteiger partial charge >= 0.3 is 0 Å². The van der Waals surface area contributed by atoms with E-state index in [2.05, 4.69) is 23.3 Å². The second-order valence-corrected chi connectivity index (χ2v) is 10.2. The average molecular weight is 433 g/mol. The molecule has 0 bridgehead atoms. The van der Waals surface area contributed by atoms with Gasteiger partial charge < -0.3 is 14.4 Å². The Labute approximate surface area is 179 Å². The van der Waals surface area contributed by atoms with E-state index in [0.29, 0.717) is 11.4 Å². The highest BCUT2D eigenvalue weighted by molar-refractivity contribution is 7.89. The maximum atomic E-state index is 13.3. The van der Waals surface area contributed by atoms with Gasteiger partial charge in [0.2, 0.25) is 15.9 Å². The van der Waals surface area contributed by atoms with E-state index in [1.165, 1.54) is 4.31 Å². The Hall–Kier alpha value is -1.90. The van der Waals surface area contributed by atoms with E-state index >= 15 is 0 Å². The summed E-state index contributed by atoms with van der Waals surface area (Å²) >= 11 is 0. The number of nitrogens with zero attached hydrogens (tertiary/aromatic N) is 4. The molecule has 2 aromatic rings. The van der Waals surface area contributed by atoms with Crippen LogP contribution in [0.3, 0.4) is 0 Å². The summed E-state index contributed by atoms with van der Waals surface area (Å²) < 4.78 is 30.3. The van der Waals surface area contributed by atoms with Crippen LogP contribution in [-0.2, 0) is 21.4 Å². The Bertz CT molecular complexity index is 1010. The van der Waals surface area contributed by atoms with Crippen molar-refractivity contribution in [2.24, 2.45) is 5.92 Å². The standard InChI is InChI=1S/C22H32N4O3S/c1-3-23-12-14-25(15-13-23)22(27)19-6-5-10-26(17-19)30(28,29)20-7-8-21-18(16-20)9-11-24(21)4-2/h7-9,11,16,19H,3-6,10,12-15,17H2,1-2H3/t19-/m1/s1. The minimum atomic E-state index is -3.62. The summed E-state index contributed by atoms with van der Waals surface area (Å²) in [7, 11) is -3.62. The lowest BCUT2D eigenvalue weighted by Crippen LogP contribution is -2.52. The van der Waals surface area contributed by atoms with E-state index in [1.54, 1.807) is 12.1 Å². The zero-order valence-corrected chi connectivity index (χ0v) is 18.8. The van der Waals surface area contributed by atoms with E-state index in [4.69, 9.17) is 0 Å². The summed E-state index contributed by atoms with van der Waals surface area (Å²) in [4.78, 5) is 17.6. The van der Waals surface area contributed by atoms with Crippen molar-refractivity contribution < 1.29 is 13.2 Å². The Balaban J connectivity index is 1.49. The lowest BCUT2D eigenvalue weighted by molar-refractivity contribution is -0.138. The maximum absolute atomic E-state index is 13.3. The van der Waals surface area contributed by atoms with Crippen LogP contribution in [0.1, 0.15) is 26.7 Å². The Morgan fingerprint density at radius 2 is 1.80 bits per heavy atom. The highest BCUT2D eigenvalue weighted by Crippen LogP contribution is 2.27. The molecular formula is C22H32N4O3S. The number of fused-ring (bicyclic) bond motifs is 1. The molecule has 164 valence electrons. The molecular weight excluding hydrogens is 400 g/mol. The van der Waals surface area contributed by atoms with E-state index in [9.17, 15) is 13.2 Å². The largest absolute Gasteiger partial charge is 0.348 e. The number of aromatic nitrogens is 1. The van der Waals surface area contributed by atoms with Gasteiger partial charge in [-0.1, -0.05) is 6.92 Å². The predicted octanol–water partition coefficient (Wildman–Crippen LogP) is 2.23. The van der Waals surface area contributed by atoms with Gasteiger partial charge in [0.05, 0.1) is 10.8 Å². The van der Waals surface area contributed by atoms with Crippen LogP contribution in [0.5, 0.6) is 0 Å². The van der Waals surface area contributed by atoms with E-state index in [1.807, 2.05) is 23.2 Å². The average Bonchev–Trinajstić information content (AvgIpc) is 3.21. The summed E-state index contributed by atoms with van der Waals surface area (Å²) in [6, 6.07) is 7.29. The number of amides is 1. The molecule has 1 amide bonds. The summed E-state index contributed by atoms with van der Waals surface area (Å²) in [6.45, 7) is 10.1. The highest BCUT2D eigenvalue weighted by atomic mass is 32.2. The van der Waals surface area contributed by atoms with Crippen LogP contribution < -0.4 is 0 Å². The number of likely N-dealkylation sites (N-methyl/N-ethyl adjacent to an activating group) is 1. The van der Waals surface area contributed by atoms with Crippen molar-refractivity contribution in [1.29, 1.82) is 0 Å². The van der Waals surface area contributed by atoms with Crippen molar-refractivity contribution in [3.05, 3.63) is 30.5 Å². The van der Waals surface area contributed by atoms with E-state index in [0.717, 1.165) is 63.0 Å². The van der Waals surface area contributed by atoms with Crippen LogP contribution in [0.15, 0.2) is 35.4 Å². The molecule has 0 unspecified atom stereocenters. The first-order chi connectivity index (χ1) is 14.4. The molecule has 3 heterocycles. The van der Waals surface area contributed by atoms with Crippen molar-refractivity contribution in [3.63, 3.8) is 0 Å². The number of rotatable bonds is 5. The van der Waals surface area contributed by atoms with Gasteiger partial charge in [-0.15, -0.1) is 0 Å². The summed E-state index contributed by atoms with van der Waals surface area (Å²) in [5.41, 5.74) is 1.04. The molecule has 30 heavy (non-hydrogen) atoms. The molecule has 0 radical (unpaired) electrons. The van der Waals surface area contributed by atoms with Gasteiger partial charge in [-0.3, -0.25) is 4.79 Å². The number of carbonyl (C=O) groups is 1. The zero-order chi connectivity index (χ0) is 21.3. The molecule has 1 aromatic heterocycles. The van der Waals surface area contributed by atoms with E-state index in [-0.39, 0.29) is 18.4 Å². The van der Waals surface area contributed by atoms with Crippen LogP contribution >= 0.6 is 0 Å².